The van der Waals surface area contributed by atoms with Crippen molar-refractivity contribution in [2.45, 2.75) is 110 Å². The van der Waals surface area contributed by atoms with Gasteiger partial charge in [0.15, 0.2) is 0 Å². The van der Waals surface area contributed by atoms with Crippen molar-refractivity contribution in [1.82, 2.24) is 0 Å². The molecule has 0 aliphatic rings. The molecular weight excluding hydrogens is 581 g/mol. The van der Waals surface area contributed by atoms with Crippen LogP contribution in [0.25, 0.3) is 0 Å². The molecule has 2 rings (SSSR count). The zero-order chi connectivity index (χ0) is 29.0. The molecule has 0 atom stereocenters. The summed E-state index contributed by atoms with van der Waals surface area (Å²) in [4.78, 5) is 24.7. The van der Waals surface area contributed by atoms with Crippen LogP contribution < -0.4 is 16.3 Å². The molecule has 0 aliphatic heterocycles. The van der Waals surface area contributed by atoms with Gasteiger partial charge in [-0.1, -0.05) is 51.9 Å². The minimum absolute atomic E-state index is 0.172. The summed E-state index contributed by atoms with van der Waals surface area (Å²) in [6.07, 6.45) is 20.0. The van der Waals surface area contributed by atoms with Gasteiger partial charge in [-0.2, -0.15) is 0 Å². The molecule has 224 valence electrons. The van der Waals surface area contributed by atoms with E-state index in [0.717, 1.165) is 23.5 Å². The maximum atomic E-state index is 12.9. The van der Waals surface area contributed by atoms with E-state index in [-0.39, 0.29) is 18.3 Å². The molecule has 2 N–H and O–H groups in total. The van der Waals surface area contributed by atoms with E-state index in [1.165, 1.54) is 77.0 Å². The van der Waals surface area contributed by atoms with Crippen molar-refractivity contribution in [3.8, 4) is 0 Å². The molecule has 0 aliphatic carbocycles. The van der Waals surface area contributed by atoms with Gasteiger partial charge >= 0.3 is 201 Å². The van der Waals surface area contributed by atoms with Gasteiger partial charge in [-0.05, 0) is 0 Å². The van der Waals surface area contributed by atoms with E-state index in [9.17, 15) is 9.59 Å². The van der Waals surface area contributed by atoms with E-state index < -0.39 is 5.31 Å². The quantitative estimate of drug-likeness (QED) is 0.0755. The monoisotopic (exact) mass is 633 g/mol. The van der Waals surface area contributed by atoms with Gasteiger partial charge in [0, 0.05) is 0 Å². The fraction of sp³-hybridized carbons (Fsp3) is 0.588. The van der Waals surface area contributed by atoms with Gasteiger partial charge in [0.1, 0.15) is 0 Å². The predicted molar refractivity (Wildman–Crippen MR) is 177 cm³/mol. The second kappa shape index (κ2) is 19.4. The Morgan fingerprint density at radius 2 is 1.05 bits per heavy atom. The van der Waals surface area contributed by atoms with Gasteiger partial charge in [-0.15, -0.1) is 0 Å². The van der Waals surface area contributed by atoms with Crippen LogP contribution in [0.3, 0.4) is 0 Å². The number of esters is 1. The molecule has 6 heteroatoms. The van der Waals surface area contributed by atoms with Crippen LogP contribution in [0.1, 0.15) is 110 Å². The molecule has 4 nitrogen and oxygen atoms in total. The molecule has 0 bridgehead atoms. The van der Waals surface area contributed by atoms with Crippen molar-refractivity contribution in [2.75, 3.05) is 18.9 Å². The number of benzene rings is 2. The normalized spacial score (nSPS) is 12.5. The van der Waals surface area contributed by atoms with E-state index in [1.54, 1.807) is 0 Å². The molecule has 0 fully saturated rings. The minimum atomic E-state index is -3.06. The first-order chi connectivity index (χ1) is 19.4. The molecule has 0 saturated heterocycles. The first-order valence-electron chi connectivity index (χ1n) is 15.7. The number of hydrogen-bond acceptors (Lipinski definition) is 3. The van der Waals surface area contributed by atoms with Crippen LogP contribution in [0, 0.1) is 0 Å². The Balaban J connectivity index is 1.75. The number of rotatable bonds is 23. The number of hydrogen-bond donors (Lipinski definition) is 1. The van der Waals surface area contributed by atoms with E-state index in [2.05, 4.69) is 46.7 Å². The number of carbonyl (C=O) groups is 2. The van der Waals surface area contributed by atoms with Crippen molar-refractivity contribution < 1.29 is 14.3 Å². The van der Waals surface area contributed by atoms with Gasteiger partial charge < -0.3 is 0 Å². The van der Waals surface area contributed by atoms with Crippen LogP contribution in [-0.2, 0) is 14.3 Å². The number of amides is 1. The summed E-state index contributed by atoms with van der Waals surface area (Å²) in [6.45, 7) is 2.75. The van der Waals surface area contributed by atoms with Gasteiger partial charge in [-0.3, -0.25) is 0 Å². The molecule has 2 aromatic carbocycles. The summed E-state index contributed by atoms with van der Waals surface area (Å²) < 4.78 is 5.66. The number of primary amides is 1. The number of carbonyl (C=O) groups excluding carboxylic acids is 2. The summed E-state index contributed by atoms with van der Waals surface area (Å²) in [5.74, 6) is -0.505. The second-order valence-corrected chi connectivity index (χ2v) is 21.1. The topological polar surface area (TPSA) is 69.4 Å². The molecule has 2 aromatic rings. The number of ether oxygens (including phenoxy) is 1. The first-order valence-corrected chi connectivity index (χ1v) is 20.3. The predicted octanol–water partition coefficient (Wildman–Crippen LogP) is 8.79. The van der Waals surface area contributed by atoms with Gasteiger partial charge in [0.2, 0.25) is 0 Å². The van der Waals surface area contributed by atoms with Crippen LogP contribution in [-0.4, -0.2) is 30.8 Å². The molecule has 0 heterocycles. The molecule has 40 heavy (non-hydrogen) atoms. The van der Waals surface area contributed by atoms with Crippen molar-refractivity contribution in [2.24, 2.45) is 5.73 Å². The Labute approximate surface area is 251 Å². The molecule has 0 radical (unpaired) electrons. The van der Waals surface area contributed by atoms with E-state index in [1.807, 2.05) is 36.4 Å². The van der Waals surface area contributed by atoms with Gasteiger partial charge in [0.05, 0.1) is 0 Å². The third kappa shape index (κ3) is 12.0. The summed E-state index contributed by atoms with van der Waals surface area (Å²) in [7, 11) is 0. The fourth-order valence-corrected chi connectivity index (χ4v) is 12.6. The third-order valence-electron chi connectivity index (χ3n) is 8.06. The molecule has 0 aromatic heterocycles. The molecule has 0 spiro atoms. The van der Waals surface area contributed by atoms with Crippen molar-refractivity contribution in [3.05, 3.63) is 60.7 Å². The van der Waals surface area contributed by atoms with Crippen LogP contribution in [0.5, 0.6) is 0 Å². The molecule has 0 unspecified atom stereocenters. The number of nitrogens with two attached hydrogens (primary N) is 1. The molecule has 1 amide bonds. The summed E-state index contributed by atoms with van der Waals surface area (Å²) in [5, 5.41) is -0.811. The van der Waals surface area contributed by atoms with E-state index in [4.69, 9.17) is 10.5 Å². The number of halogens is 1. The summed E-state index contributed by atoms with van der Waals surface area (Å²) >= 11 is 4.23. The SMILES string of the molecule is CCCCCCCCCCCCCCCCOC(=O)CCP(Br)(CCC(N)=O)(c1ccccc1)c1ccccc1. The third-order valence-corrected chi connectivity index (χ3v) is 17.9. The van der Waals surface area contributed by atoms with Gasteiger partial charge in [0.25, 0.3) is 0 Å². The Kier molecular flexibility index (Phi) is 16.7. The van der Waals surface area contributed by atoms with Crippen LogP contribution in [0.2, 0.25) is 0 Å². The van der Waals surface area contributed by atoms with Gasteiger partial charge in [-0.25, -0.2) is 0 Å². The zero-order valence-corrected chi connectivity index (χ0v) is 27.3. The first kappa shape index (κ1) is 34.5. The zero-order valence-electron chi connectivity index (χ0n) is 24.8. The van der Waals surface area contributed by atoms with Crippen LogP contribution in [0.15, 0.2) is 60.7 Å². The average molecular weight is 635 g/mol. The van der Waals surface area contributed by atoms with E-state index >= 15 is 0 Å². The second-order valence-electron chi connectivity index (χ2n) is 11.3. The van der Waals surface area contributed by atoms with Crippen molar-refractivity contribution in [1.29, 1.82) is 0 Å². The Morgan fingerprint density at radius 3 is 1.48 bits per heavy atom. The molecular formula is C34H53BrNO3P. The van der Waals surface area contributed by atoms with Crippen LogP contribution in [0.4, 0.5) is 0 Å². The van der Waals surface area contributed by atoms with Crippen molar-refractivity contribution >= 4 is 43.3 Å². The standard InChI is InChI=1S/C34H53BrNO3P/c1-2-3-4-5-6-7-8-9-10-11-12-13-14-21-28-39-34(38)27-30-40(35,29-26-33(36)37,31-22-17-15-18-23-31)32-24-19-16-20-25-32/h15-20,22-25H,2-14,21,26-30H2,1H3,(H2,36,37). The maximum absolute atomic E-state index is 12.9. The Morgan fingerprint density at radius 1 is 0.650 bits per heavy atom. The molecule has 0 saturated carbocycles. The Hall–Kier alpha value is -1.71. The summed E-state index contributed by atoms with van der Waals surface area (Å²) in [6, 6.07) is 20.4. The van der Waals surface area contributed by atoms with Crippen molar-refractivity contribution in [3.63, 3.8) is 0 Å². The Bertz CT molecular complexity index is 930. The summed E-state index contributed by atoms with van der Waals surface area (Å²) in [5.41, 5.74) is 5.61. The van der Waals surface area contributed by atoms with E-state index in [0.29, 0.717) is 25.4 Å². The fourth-order valence-electron chi connectivity index (χ4n) is 5.54. The number of unbranched alkanes of at least 4 members (excludes halogenated alkanes) is 13. The average Bonchev–Trinajstić information content (AvgIpc) is 2.98. The van der Waals surface area contributed by atoms with Crippen LogP contribution >= 0.6 is 20.8 Å².